The number of rotatable bonds is 1. The molecule has 0 aromatic heterocycles. The summed E-state index contributed by atoms with van der Waals surface area (Å²) in [5.74, 6) is 0. The molecule has 0 atom stereocenters. The lowest BCUT2D eigenvalue weighted by Gasteiger charge is -2.39. The quantitative estimate of drug-likeness (QED) is 0.832. The Hall–Kier alpha value is -0.440. The number of nitrogens with one attached hydrogen (secondary N) is 1. The van der Waals surface area contributed by atoms with Crippen LogP contribution in [0.3, 0.4) is 0 Å². The average molecular weight is 257 g/mol. The van der Waals surface area contributed by atoms with Crippen LogP contribution < -0.4 is 10.2 Å². The van der Waals surface area contributed by atoms with Gasteiger partial charge in [-0.2, -0.15) is 0 Å². The predicted molar refractivity (Wildman–Crippen MR) is 68.6 cm³/mol. The highest BCUT2D eigenvalue weighted by molar-refractivity contribution is 6.35. The van der Waals surface area contributed by atoms with E-state index in [1.807, 2.05) is 12.1 Å². The molecule has 4 heteroatoms. The van der Waals surface area contributed by atoms with Crippen molar-refractivity contribution in [3.05, 3.63) is 28.2 Å². The lowest BCUT2D eigenvalue weighted by Crippen LogP contribution is -2.54. The van der Waals surface area contributed by atoms with Gasteiger partial charge in [-0.3, -0.25) is 0 Å². The zero-order valence-electron chi connectivity index (χ0n) is 8.97. The molecule has 0 saturated carbocycles. The Kier molecular flexibility index (Phi) is 2.54. The smallest absolute Gasteiger partial charge is 0.0441 e. The lowest BCUT2D eigenvalue weighted by atomic mass is 9.81. The number of hydrogen-bond acceptors (Lipinski definition) is 2. The van der Waals surface area contributed by atoms with Gasteiger partial charge in [0.25, 0.3) is 0 Å². The van der Waals surface area contributed by atoms with Gasteiger partial charge < -0.3 is 10.2 Å². The van der Waals surface area contributed by atoms with Crippen LogP contribution in [0.15, 0.2) is 18.2 Å². The first-order chi connectivity index (χ1) is 7.67. The predicted octanol–water partition coefficient (Wildman–Crippen LogP) is 2.79. The summed E-state index contributed by atoms with van der Waals surface area (Å²) in [7, 11) is 0. The van der Waals surface area contributed by atoms with Crippen molar-refractivity contribution in [3.8, 4) is 0 Å². The molecule has 1 spiro atoms. The molecule has 86 valence electrons. The van der Waals surface area contributed by atoms with E-state index in [0.29, 0.717) is 5.41 Å². The van der Waals surface area contributed by atoms with Gasteiger partial charge in [-0.1, -0.05) is 23.2 Å². The van der Waals surface area contributed by atoms with E-state index in [1.54, 1.807) is 6.07 Å². The summed E-state index contributed by atoms with van der Waals surface area (Å²) >= 11 is 12.0. The first-order valence-corrected chi connectivity index (χ1v) is 6.34. The van der Waals surface area contributed by atoms with Gasteiger partial charge in [0.05, 0.1) is 0 Å². The van der Waals surface area contributed by atoms with Gasteiger partial charge in [0.1, 0.15) is 0 Å². The zero-order valence-corrected chi connectivity index (χ0v) is 10.5. The third-order valence-corrected chi connectivity index (χ3v) is 4.09. The van der Waals surface area contributed by atoms with Crippen molar-refractivity contribution in [1.82, 2.24) is 5.32 Å². The molecule has 16 heavy (non-hydrogen) atoms. The number of nitrogens with zero attached hydrogens (tertiary/aromatic N) is 1. The largest absolute Gasteiger partial charge is 0.371 e. The topological polar surface area (TPSA) is 15.3 Å². The summed E-state index contributed by atoms with van der Waals surface area (Å²) in [4.78, 5) is 2.39. The second-order valence-corrected chi connectivity index (χ2v) is 5.78. The fraction of sp³-hybridized carbons (Fsp3) is 0.500. The van der Waals surface area contributed by atoms with E-state index < -0.39 is 0 Å². The van der Waals surface area contributed by atoms with Crippen molar-refractivity contribution < 1.29 is 0 Å². The van der Waals surface area contributed by atoms with Crippen LogP contribution in [0.25, 0.3) is 0 Å². The minimum Gasteiger partial charge on any atom is -0.371 e. The summed E-state index contributed by atoms with van der Waals surface area (Å²) in [6, 6.07) is 5.78. The third-order valence-electron chi connectivity index (χ3n) is 3.65. The maximum Gasteiger partial charge on any atom is 0.0441 e. The van der Waals surface area contributed by atoms with Crippen LogP contribution in [-0.4, -0.2) is 26.2 Å². The second kappa shape index (κ2) is 3.80. The van der Waals surface area contributed by atoms with E-state index in [1.165, 1.54) is 6.42 Å². The highest BCUT2D eigenvalue weighted by Crippen LogP contribution is 2.37. The van der Waals surface area contributed by atoms with E-state index in [4.69, 9.17) is 23.2 Å². The summed E-state index contributed by atoms with van der Waals surface area (Å²) in [5.41, 5.74) is 1.66. The Morgan fingerprint density at radius 1 is 1.12 bits per heavy atom. The number of hydrogen-bond donors (Lipinski definition) is 1. The molecule has 2 heterocycles. The maximum absolute atomic E-state index is 6.02. The van der Waals surface area contributed by atoms with Crippen molar-refractivity contribution in [1.29, 1.82) is 0 Å². The SMILES string of the molecule is Clc1cc(Cl)cc(N2CCC3(CNC3)C2)c1. The molecule has 2 aliphatic heterocycles. The molecule has 1 N–H and O–H groups in total. The van der Waals surface area contributed by atoms with Gasteiger partial charge in [-0.25, -0.2) is 0 Å². The van der Waals surface area contributed by atoms with E-state index >= 15 is 0 Å². The Bertz CT molecular complexity index is 395. The molecule has 0 bridgehead atoms. The first-order valence-electron chi connectivity index (χ1n) is 5.59. The molecule has 0 aliphatic carbocycles. The van der Waals surface area contributed by atoms with Crippen LogP contribution in [0.4, 0.5) is 5.69 Å². The minimum absolute atomic E-state index is 0.509. The van der Waals surface area contributed by atoms with E-state index in [9.17, 15) is 0 Å². The van der Waals surface area contributed by atoms with Gasteiger partial charge >= 0.3 is 0 Å². The Morgan fingerprint density at radius 2 is 1.81 bits per heavy atom. The standard InChI is InChI=1S/C12H14Cl2N2/c13-9-3-10(14)5-11(4-9)16-2-1-12(8-16)6-15-7-12/h3-5,15H,1-2,6-8H2. The molecule has 2 saturated heterocycles. The molecular weight excluding hydrogens is 243 g/mol. The highest BCUT2D eigenvalue weighted by Gasteiger charge is 2.42. The molecule has 0 unspecified atom stereocenters. The fourth-order valence-corrected chi connectivity index (χ4v) is 3.16. The molecule has 2 fully saturated rings. The van der Waals surface area contributed by atoms with Crippen molar-refractivity contribution >= 4 is 28.9 Å². The zero-order chi connectivity index (χ0) is 11.2. The summed E-state index contributed by atoms with van der Waals surface area (Å²) in [6.07, 6.45) is 1.27. The normalized spacial score (nSPS) is 22.5. The molecule has 0 amide bonds. The third kappa shape index (κ3) is 1.79. The van der Waals surface area contributed by atoms with Gasteiger partial charge in [0, 0.05) is 47.3 Å². The van der Waals surface area contributed by atoms with E-state index in [0.717, 1.165) is 41.9 Å². The van der Waals surface area contributed by atoms with Crippen molar-refractivity contribution in [3.63, 3.8) is 0 Å². The van der Waals surface area contributed by atoms with Gasteiger partial charge in [-0.05, 0) is 24.6 Å². The molecule has 1 aromatic carbocycles. The molecule has 1 aromatic rings. The monoisotopic (exact) mass is 256 g/mol. The Labute approximate surface area is 106 Å². The Morgan fingerprint density at radius 3 is 2.31 bits per heavy atom. The van der Waals surface area contributed by atoms with Gasteiger partial charge in [0.15, 0.2) is 0 Å². The Balaban J connectivity index is 1.82. The van der Waals surface area contributed by atoms with Crippen LogP contribution in [0.2, 0.25) is 10.0 Å². The summed E-state index contributed by atoms with van der Waals surface area (Å²) in [6.45, 7) is 4.53. The second-order valence-electron chi connectivity index (χ2n) is 4.90. The number of benzene rings is 1. The highest BCUT2D eigenvalue weighted by atomic mass is 35.5. The fourth-order valence-electron chi connectivity index (χ4n) is 2.64. The molecule has 2 aliphatic rings. The van der Waals surface area contributed by atoms with Crippen molar-refractivity contribution in [2.24, 2.45) is 5.41 Å². The van der Waals surface area contributed by atoms with Crippen LogP contribution in [0, 0.1) is 5.41 Å². The molecule has 3 rings (SSSR count). The number of anilines is 1. The van der Waals surface area contributed by atoms with Crippen molar-refractivity contribution in [2.75, 3.05) is 31.1 Å². The van der Waals surface area contributed by atoms with Gasteiger partial charge in [0.2, 0.25) is 0 Å². The minimum atomic E-state index is 0.509. The van der Waals surface area contributed by atoms with Crippen molar-refractivity contribution in [2.45, 2.75) is 6.42 Å². The first kappa shape index (κ1) is 10.7. The lowest BCUT2D eigenvalue weighted by molar-refractivity contribution is 0.200. The average Bonchev–Trinajstić information content (AvgIpc) is 2.59. The molecular formula is C12H14Cl2N2. The number of halogens is 2. The van der Waals surface area contributed by atoms with Crippen LogP contribution in [0.1, 0.15) is 6.42 Å². The van der Waals surface area contributed by atoms with Crippen LogP contribution in [-0.2, 0) is 0 Å². The molecule has 0 radical (unpaired) electrons. The maximum atomic E-state index is 6.02. The molecule has 2 nitrogen and oxygen atoms in total. The van der Waals surface area contributed by atoms with Crippen LogP contribution >= 0.6 is 23.2 Å². The van der Waals surface area contributed by atoms with Crippen LogP contribution in [0.5, 0.6) is 0 Å². The van der Waals surface area contributed by atoms with E-state index in [-0.39, 0.29) is 0 Å². The summed E-state index contributed by atoms with van der Waals surface area (Å²) in [5, 5.41) is 4.80. The van der Waals surface area contributed by atoms with Gasteiger partial charge in [-0.15, -0.1) is 0 Å². The van der Waals surface area contributed by atoms with E-state index in [2.05, 4.69) is 10.2 Å². The summed E-state index contributed by atoms with van der Waals surface area (Å²) < 4.78 is 0.